The van der Waals surface area contributed by atoms with Gasteiger partial charge in [-0.25, -0.2) is 0 Å². The van der Waals surface area contributed by atoms with Crippen molar-refractivity contribution >= 4 is 12.4 Å². The molecule has 0 aromatic carbocycles. The molecule has 0 amide bonds. The fourth-order valence-corrected chi connectivity index (χ4v) is 0. The monoisotopic (exact) mass is 620 g/mol. The zero-order valence-corrected chi connectivity index (χ0v) is 16.7. The molecule has 16 nitrogen and oxygen atoms in total. The molecule has 152 valence electrons. The van der Waals surface area contributed by atoms with Gasteiger partial charge in [-0.05, 0) is 0 Å². The second-order valence-electron chi connectivity index (χ2n) is 0.894. The Morgan fingerprint density at radius 1 is 0.348 bits per heavy atom. The molecule has 0 aliphatic heterocycles. The van der Waals surface area contributed by atoms with Crippen molar-refractivity contribution in [2.24, 2.45) is 0 Å². The Bertz CT molecular complexity index is 178. The molecular weight excluding hydrogens is 619 g/mol. The summed E-state index contributed by atoms with van der Waals surface area (Å²) in [5, 5.41) is 59.0. The average Bonchev–Trinajstić information content (AvgIpc) is 1.76. The normalized spacial score (nSPS) is 4.17. The summed E-state index contributed by atoms with van der Waals surface area (Å²) in [7, 11) is 0. The number of rotatable bonds is 0. The van der Waals surface area contributed by atoms with Gasteiger partial charge in [0.05, 0.1) is 20.3 Å². The van der Waals surface area contributed by atoms with E-state index in [0.717, 1.165) is 0 Å². The van der Waals surface area contributed by atoms with Crippen molar-refractivity contribution in [3.05, 3.63) is 61.3 Å². The molecule has 0 N–H and O–H groups in total. The number of hydrogen-bond acceptors (Lipinski definition) is 12. The van der Waals surface area contributed by atoms with Gasteiger partial charge < -0.3 is 61.3 Å². The molecule has 23 heavy (non-hydrogen) atoms. The van der Waals surface area contributed by atoms with Crippen LogP contribution in [-0.2, 0) is 102 Å². The van der Waals surface area contributed by atoms with E-state index in [-0.39, 0.29) is 115 Å². The first-order valence-corrected chi connectivity index (χ1v) is 2.19. The van der Waals surface area contributed by atoms with Gasteiger partial charge in [0.25, 0.3) is 0 Å². The van der Waals surface area contributed by atoms with Crippen molar-refractivity contribution in [3.8, 4) is 0 Å². The zero-order chi connectivity index (χ0) is 14.3. The van der Waals surface area contributed by atoms with Crippen LogP contribution in [0.15, 0.2) is 0 Å². The Kier molecular flexibility index (Phi) is 224. The van der Waals surface area contributed by atoms with E-state index in [1.807, 2.05) is 0 Å². The Labute approximate surface area is 195 Å². The largest absolute Gasteiger partial charge is 0.356 e. The fraction of sp³-hybridized carbons (Fsp3) is 0. The van der Waals surface area contributed by atoms with E-state index < -0.39 is 20.3 Å². The summed E-state index contributed by atoms with van der Waals surface area (Å²) < 4.78 is 0. The first-order chi connectivity index (χ1) is 6.93. The first-order valence-electron chi connectivity index (χ1n) is 2.19. The minimum absolute atomic E-state index is 0. The van der Waals surface area contributed by atoms with Gasteiger partial charge in [-0.2, -0.15) is 0 Å². The van der Waals surface area contributed by atoms with Gasteiger partial charge >= 0.3 is 0 Å². The Morgan fingerprint density at radius 3 is 0.348 bits per heavy atom. The van der Waals surface area contributed by atoms with Crippen LogP contribution in [0, 0.1) is 61.3 Å². The minimum atomic E-state index is -1.75. The van der Waals surface area contributed by atoms with Crippen LogP contribution in [0.25, 0.3) is 0 Å². The molecule has 0 radical (unpaired) electrons. The predicted octanol–water partition coefficient (Wildman–Crippen LogP) is -0.550. The van der Waals surface area contributed by atoms with E-state index in [9.17, 15) is 0 Å². The molecule has 0 bridgehead atoms. The van der Waals surface area contributed by atoms with E-state index in [0.29, 0.717) is 0 Å². The summed E-state index contributed by atoms with van der Waals surface area (Å²) in [6.45, 7) is 0. The van der Waals surface area contributed by atoms with Gasteiger partial charge in [-0.1, -0.05) is 0 Å². The van der Waals surface area contributed by atoms with E-state index in [2.05, 4.69) is 0 Å². The smallest absolute Gasteiger partial charge is 0.0689 e. The molecule has 0 saturated heterocycles. The first kappa shape index (κ1) is 76.8. The summed E-state index contributed by atoms with van der Waals surface area (Å²) in [4.78, 5) is 33.0. The summed E-state index contributed by atoms with van der Waals surface area (Å²) in [6, 6.07) is 0. The average molecular weight is 620 g/mol. The van der Waals surface area contributed by atoms with Crippen LogP contribution in [0.4, 0.5) is 0 Å². The quantitative estimate of drug-likeness (QED) is 0.188. The third-order valence-electron chi connectivity index (χ3n) is 0. The van der Waals surface area contributed by atoms with Gasteiger partial charge in [-0.3, -0.25) is 0 Å². The second-order valence-corrected chi connectivity index (χ2v) is 0.894. The topological polar surface area (TPSA) is 265 Å². The van der Waals surface area contributed by atoms with Gasteiger partial charge in [0.1, 0.15) is 0 Å². The van der Waals surface area contributed by atoms with Crippen molar-refractivity contribution in [2.75, 3.05) is 0 Å². The summed E-state index contributed by atoms with van der Waals surface area (Å²) in [6.07, 6.45) is 0. The summed E-state index contributed by atoms with van der Waals surface area (Å²) >= 11 is 0. The molecule has 0 aliphatic rings. The van der Waals surface area contributed by atoms with Crippen LogP contribution < -0.4 is 0 Å². The molecule has 0 saturated carbocycles. The van der Waals surface area contributed by atoms with Gasteiger partial charge in [0.15, 0.2) is 0 Å². The van der Waals surface area contributed by atoms with E-state index in [1.54, 1.807) is 0 Å². The SMILES string of the molecule is Cl.O=[N+]([O-])[O-].O=[N+]([O-])[O-].O=[N+]([O-])[O-].O=[N+]([O-])[O-].[Fe].[Fe].[Fe].[Fe].[Fe].[Fe]. The van der Waals surface area contributed by atoms with Crippen molar-refractivity contribution in [1.29, 1.82) is 0 Å². The number of hydrogen-bond donors (Lipinski definition) is 0. The molecular formula is HClFe6N4O12-4. The molecule has 0 aromatic heterocycles. The Balaban J connectivity index is -0.00000000842. The van der Waals surface area contributed by atoms with Crippen LogP contribution in [0.2, 0.25) is 0 Å². The van der Waals surface area contributed by atoms with Gasteiger partial charge in [-0.15, -0.1) is 12.4 Å². The van der Waals surface area contributed by atoms with Crippen LogP contribution in [0.1, 0.15) is 0 Å². The van der Waals surface area contributed by atoms with Crippen LogP contribution in [-0.4, -0.2) is 20.3 Å². The van der Waals surface area contributed by atoms with Crippen molar-refractivity contribution in [3.63, 3.8) is 0 Å². The number of nitrogens with zero attached hydrogens (tertiary/aromatic N) is 4. The van der Waals surface area contributed by atoms with Gasteiger partial charge in [0.2, 0.25) is 0 Å². The van der Waals surface area contributed by atoms with Crippen molar-refractivity contribution in [2.45, 2.75) is 0 Å². The zero-order valence-electron chi connectivity index (χ0n) is 9.22. The Hall–Kier alpha value is 0.207. The Morgan fingerprint density at radius 2 is 0.348 bits per heavy atom. The third-order valence-corrected chi connectivity index (χ3v) is 0. The maximum absolute atomic E-state index is 8.25. The van der Waals surface area contributed by atoms with Crippen molar-refractivity contribution in [1.82, 2.24) is 0 Å². The van der Waals surface area contributed by atoms with E-state index in [1.165, 1.54) is 0 Å². The van der Waals surface area contributed by atoms with E-state index in [4.69, 9.17) is 61.3 Å². The predicted molar refractivity (Wildman–Crippen MR) is 48.7 cm³/mol. The van der Waals surface area contributed by atoms with Crippen molar-refractivity contribution < 1.29 is 123 Å². The molecule has 0 spiro atoms. The van der Waals surface area contributed by atoms with E-state index >= 15 is 0 Å². The summed E-state index contributed by atoms with van der Waals surface area (Å²) in [5.41, 5.74) is 0. The van der Waals surface area contributed by atoms with Crippen LogP contribution in [0.3, 0.4) is 0 Å². The van der Waals surface area contributed by atoms with Crippen LogP contribution in [0.5, 0.6) is 0 Å². The maximum atomic E-state index is 8.25. The molecule has 23 heteroatoms. The molecule has 0 aliphatic carbocycles. The molecule has 0 atom stereocenters. The third kappa shape index (κ3) is 212000. The molecule has 0 heterocycles. The standard InChI is InChI=1S/ClH.6Fe.4NO3/c;;;;;;;4*2-1(3)4/h1H;;;;;;;;;;/q;;;;;;;4*-1. The minimum Gasteiger partial charge on any atom is -0.356 e. The summed E-state index contributed by atoms with van der Waals surface area (Å²) in [5.74, 6) is 0. The molecule has 0 fully saturated rings. The van der Waals surface area contributed by atoms with Crippen LogP contribution >= 0.6 is 12.4 Å². The van der Waals surface area contributed by atoms with Gasteiger partial charge in [0, 0.05) is 102 Å². The second kappa shape index (κ2) is 67.0. The molecule has 0 rings (SSSR count). The fourth-order valence-electron chi connectivity index (χ4n) is 0. The molecule has 0 aromatic rings. The maximum Gasteiger partial charge on any atom is 0.0689 e. The molecule has 0 unspecified atom stereocenters. The number of halogens is 1.